The largest absolute Gasteiger partial charge is 0.508 e. The molecule has 324 valence electrons. The summed E-state index contributed by atoms with van der Waals surface area (Å²) >= 11 is 4.64. The van der Waals surface area contributed by atoms with Gasteiger partial charge >= 0.3 is 0 Å². The van der Waals surface area contributed by atoms with Crippen molar-refractivity contribution < 1.29 is 9.84 Å². The molecule has 6 nitrogen and oxygen atoms in total. The molecule has 0 aliphatic rings. The maximum atomic E-state index is 10.5. The van der Waals surface area contributed by atoms with Crippen LogP contribution in [0.25, 0.3) is 56.4 Å². The summed E-state index contributed by atoms with van der Waals surface area (Å²) in [7, 11) is 1.71. The first kappa shape index (κ1) is 46.1. The third-order valence-corrected chi connectivity index (χ3v) is 11.2. The molecule has 0 amide bonds. The van der Waals surface area contributed by atoms with Gasteiger partial charge in [-0.15, -0.1) is 11.6 Å². The zero-order valence-electron chi connectivity index (χ0n) is 38.3. The van der Waals surface area contributed by atoms with E-state index in [0.717, 1.165) is 50.8 Å². The van der Waals surface area contributed by atoms with Crippen LogP contribution in [-0.4, -0.2) is 37.7 Å². The normalized spacial score (nSPS) is 11.1. The first-order valence-corrected chi connectivity index (χ1v) is 22.6. The maximum absolute atomic E-state index is 10.5. The number of para-hydroxylation sites is 2. The van der Waals surface area contributed by atoms with Gasteiger partial charge in [0.2, 0.25) is 0 Å². The van der Waals surface area contributed by atoms with E-state index in [1.54, 1.807) is 19.2 Å². The van der Waals surface area contributed by atoms with E-state index < -0.39 is 0 Å². The van der Waals surface area contributed by atoms with Crippen LogP contribution in [0.1, 0.15) is 101 Å². The molecule has 1 N–H and O–H groups in total. The molecule has 0 saturated heterocycles. The monoisotopic (exact) mass is 856 g/mol. The molecular formula is C56H61ClN4O2. The Labute approximate surface area is 379 Å². The average Bonchev–Trinajstić information content (AvgIpc) is 4.01. The average molecular weight is 858 g/mol. The summed E-state index contributed by atoms with van der Waals surface area (Å²) in [6.45, 7) is 17.9. The Hall–Kier alpha value is -6.37. The molecule has 8 aromatic rings. The lowest BCUT2D eigenvalue weighted by atomic mass is 9.92. The Kier molecular flexibility index (Phi) is 15.5. The number of halogens is 1. The Morgan fingerprint density at radius 3 is 1.17 bits per heavy atom. The van der Waals surface area contributed by atoms with Gasteiger partial charge in [-0.2, -0.15) is 0 Å². The van der Waals surface area contributed by atoms with Crippen LogP contribution in [0.5, 0.6) is 11.5 Å². The predicted octanol–water partition coefficient (Wildman–Crippen LogP) is 15.5. The summed E-state index contributed by atoms with van der Waals surface area (Å²) in [6, 6.07) is 45.7. The number of rotatable bonds is 11. The van der Waals surface area contributed by atoms with Crippen molar-refractivity contribution in [2.24, 2.45) is 0 Å². The highest BCUT2D eigenvalue weighted by atomic mass is 35.5. The molecule has 0 aliphatic carbocycles. The summed E-state index contributed by atoms with van der Waals surface area (Å²) in [5, 5.41) is 10.5. The lowest BCUT2D eigenvalue weighted by Crippen LogP contribution is -2.08. The highest BCUT2D eigenvalue weighted by Crippen LogP contribution is 2.38. The number of benzene rings is 6. The molecule has 0 aliphatic heterocycles. The van der Waals surface area contributed by atoms with Crippen LogP contribution in [-0.2, 0) is 0 Å². The fraction of sp³-hybridized carbons (Fsp3) is 0.250. The number of alkyl halides is 1. The molecule has 0 saturated carbocycles. The van der Waals surface area contributed by atoms with Crippen molar-refractivity contribution in [3.63, 3.8) is 0 Å². The van der Waals surface area contributed by atoms with Crippen LogP contribution in [0.15, 0.2) is 158 Å². The highest BCUT2D eigenvalue weighted by Gasteiger charge is 2.21. The molecule has 0 bridgehead atoms. The third kappa shape index (κ3) is 10.5. The number of phenolic OH excluding ortho intramolecular Hbond substituents is 1. The number of hydrogen-bond donors (Lipinski definition) is 1. The number of imidazole rings is 2. The second-order valence-electron chi connectivity index (χ2n) is 16.9. The van der Waals surface area contributed by atoms with Crippen molar-refractivity contribution in [2.75, 3.05) is 13.5 Å². The molecule has 0 atom stereocenters. The zero-order chi connectivity index (χ0) is 45.2. The Morgan fingerprint density at radius 2 is 0.794 bits per heavy atom. The topological polar surface area (TPSA) is 65.1 Å². The molecular weight excluding hydrogens is 796 g/mol. The molecule has 0 radical (unpaired) electrons. The summed E-state index contributed by atoms with van der Waals surface area (Å²) in [6.07, 6.45) is 9.29. The molecule has 0 unspecified atom stereocenters. The standard InChI is InChI=1S/C28H30N2O.C27H28N2O.CH3Cl/c1-19(2)25-12-9-13-26(20(3)4)27(25)30-15-14-29-28(30)23-16-22(17-24(18-23)31-5)21-10-7-6-8-11-21;1-18(2)24-11-8-12-25(19(3)4)26(24)29-14-13-28-27(29)22-15-21(16-23(30)17-22)20-9-6-5-7-10-20;1-2/h6-20H,1-5H3;5-19,30H,1-4H3;1H3. The van der Waals surface area contributed by atoms with E-state index in [1.165, 1.54) is 40.0 Å². The van der Waals surface area contributed by atoms with Crippen LogP contribution >= 0.6 is 11.6 Å². The molecule has 2 aromatic heterocycles. The maximum Gasteiger partial charge on any atom is 0.144 e. The number of methoxy groups -OCH3 is 1. The number of nitrogens with zero attached hydrogens (tertiary/aromatic N) is 4. The van der Waals surface area contributed by atoms with E-state index in [-0.39, 0.29) is 5.75 Å². The first-order chi connectivity index (χ1) is 30.4. The number of hydrogen-bond acceptors (Lipinski definition) is 4. The third-order valence-electron chi connectivity index (χ3n) is 11.2. The smallest absolute Gasteiger partial charge is 0.144 e. The van der Waals surface area contributed by atoms with Crippen molar-refractivity contribution in [3.05, 3.63) is 181 Å². The fourth-order valence-corrected chi connectivity index (χ4v) is 8.16. The van der Waals surface area contributed by atoms with E-state index in [9.17, 15) is 5.11 Å². The molecule has 2 heterocycles. The van der Waals surface area contributed by atoms with Gasteiger partial charge in [0.15, 0.2) is 0 Å². The second kappa shape index (κ2) is 21.1. The number of aromatic hydroxyl groups is 1. The van der Waals surface area contributed by atoms with Crippen molar-refractivity contribution in [1.29, 1.82) is 0 Å². The Morgan fingerprint density at radius 1 is 0.444 bits per heavy atom. The molecule has 7 heteroatoms. The van der Waals surface area contributed by atoms with E-state index in [0.29, 0.717) is 23.7 Å². The van der Waals surface area contributed by atoms with Gasteiger partial charge in [-0.05, 0) is 105 Å². The van der Waals surface area contributed by atoms with Gasteiger partial charge in [-0.3, -0.25) is 9.13 Å². The number of aromatic nitrogens is 4. The van der Waals surface area contributed by atoms with Gasteiger partial charge in [0, 0.05) is 42.3 Å². The quantitative estimate of drug-likeness (QED) is 0.132. The minimum Gasteiger partial charge on any atom is -0.508 e. The van der Waals surface area contributed by atoms with Gasteiger partial charge < -0.3 is 9.84 Å². The van der Waals surface area contributed by atoms with Crippen LogP contribution < -0.4 is 4.74 Å². The lowest BCUT2D eigenvalue weighted by molar-refractivity contribution is 0.415. The fourth-order valence-electron chi connectivity index (χ4n) is 8.16. The van der Waals surface area contributed by atoms with Crippen molar-refractivity contribution in [1.82, 2.24) is 19.1 Å². The van der Waals surface area contributed by atoms with Crippen molar-refractivity contribution in [2.45, 2.75) is 79.1 Å². The van der Waals surface area contributed by atoms with Crippen LogP contribution in [0.3, 0.4) is 0 Å². The van der Waals surface area contributed by atoms with E-state index in [2.05, 4.69) is 179 Å². The molecule has 6 aromatic carbocycles. The van der Waals surface area contributed by atoms with Crippen LogP contribution in [0.4, 0.5) is 0 Å². The summed E-state index contributed by atoms with van der Waals surface area (Å²) in [4.78, 5) is 9.47. The predicted molar refractivity (Wildman–Crippen MR) is 265 cm³/mol. The van der Waals surface area contributed by atoms with E-state index >= 15 is 0 Å². The molecule has 0 fully saturated rings. The van der Waals surface area contributed by atoms with Gasteiger partial charge in [-0.1, -0.05) is 152 Å². The Balaban J connectivity index is 0.000000202. The SMILES string of the molecule is CC(C)c1cccc(C(C)C)c1-n1ccnc1-c1cc(O)cc(-c2ccccc2)c1.CCl.COc1cc(-c2ccccc2)cc(-c2nccn2-c2c(C(C)C)cccc2C(C)C)c1. The van der Waals surface area contributed by atoms with Crippen molar-refractivity contribution in [3.8, 4) is 67.9 Å². The highest BCUT2D eigenvalue weighted by molar-refractivity contribution is 6.15. The molecule has 63 heavy (non-hydrogen) atoms. The number of phenols is 1. The minimum atomic E-state index is 0.238. The summed E-state index contributed by atoms with van der Waals surface area (Å²) in [5.41, 5.74) is 13.9. The van der Waals surface area contributed by atoms with Gasteiger partial charge in [-0.25, -0.2) is 9.97 Å². The lowest BCUT2D eigenvalue weighted by Gasteiger charge is -2.22. The number of ether oxygens (including phenoxy) is 1. The first-order valence-electron chi connectivity index (χ1n) is 21.8. The Bertz CT molecular complexity index is 2660. The van der Waals surface area contributed by atoms with Gasteiger partial charge in [0.25, 0.3) is 0 Å². The van der Waals surface area contributed by atoms with Gasteiger partial charge in [0.05, 0.1) is 18.5 Å². The summed E-state index contributed by atoms with van der Waals surface area (Å²) < 4.78 is 10.1. The van der Waals surface area contributed by atoms with Crippen LogP contribution in [0, 0.1) is 0 Å². The van der Waals surface area contributed by atoms with Crippen molar-refractivity contribution >= 4 is 11.6 Å². The zero-order valence-corrected chi connectivity index (χ0v) is 39.1. The molecule has 8 rings (SSSR count). The van der Waals surface area contributed by atoms with Crippen LogP contribution in [0.2, 0.25) is 0 Å². The second-order valence-corrected chi connectivity index (χ2v) is 16.9. The van der Waals surface area contributed by atoms with Gasteiger partial charge in [0.1, 0.15) is 23.1 Å². The van der Waals surface area contributed by atoms with E-state index in [4.69, 9.17) is 14.7 Å². The molecule has 0 spiro atoms. The summed E-state index contributed by atoms with van der Waals surface area (Å²) in [5.74, 6) is 4.41. The minimum absolute atomic E-state index is 0.238. The van der Waals surface area contributed by atoms with E-state index in [1.807, 2.05) is 42.9 Å².